The maximum atomic E-state index is 12.6. The molecule has 0 bridgehead atoms. The van der Waals surface area contributed by atoms with Crippen molar-refractivity contribution in [3.05, 3.63) is 81.2 Å². The molecule has 2 spiro atoms. The molecule has 6 aliphatic rings. The highest BCUT2D eigenvalue weighted by Crippen LogP contribution is 2.49. The first-order valence-electron chi connectivity index (χ1n) is 26.0. The van der Waals surface area contributed by atoms with Gasteiger partial charge in [0, 0.05) is 86.5 Å². The molecule has 6 aliphatic heterocycles. The van der Waals surface area contributed by atoms with Gasteiger partial charge in [-0.2, -0.15) is 0 Å². The van der Waals surface area contributed by atoms with Gasteiger partial charge >= 0.3 is 12.2 Å². The average Bonchev–Trinajstić information content (AvgIpc) is 3.87. The Morgan fingerprint density at radius 3 is 1.83 bits per heavy atom. The Morgan fingerprint density at radius 2 is 1.30 bits per heavy atom. The van der Waals surface area contributed by atoms with Crippen LogP contribution < -0.4 is 20.0 Å². The number of nitrogens with zero attached hydrogens (tertiary/aromatic N) is 7. The molecule has 0 saturated carbocycles. The number of rotatable bonds is 6. The first kappa shape index (κ1) is 55.6. The summed E-state index contributed by atoms with van der Waals surface area (Å²) >= 11 is 1.53. The molecule has 2 amide bonds. The SMILES string of the molecule is CSc1nc2c(c(N3CCCOCC3)n1)CO[C@@]1(CO[C@@H](C)c3ccc(N(C(=O)O)C(C)(C)C)cc31)C2.C[C@@H]1OC[C@]2(Cc3nc(S(C)(=O)=O)nc(N4CCCOCC4)c3CO2)c2cc(NC(=O)OC(C)(C)C)ccc21. The van der Waals surface area contributed by atoms with E-state index in [4.69, 9.17) is 43.1 Å². The maximum Gasteiger partial charge on any atom is 0.412 e. The van der Waals surface area contributed by atoms with E-state index in [0.29, 0.717) is 81.9 Å². The minimum atomic E-state index is -3.67. The second-order valence-corrected chi connectivity index (χ2v) is 24.9. The topological polar surface area (TPSA) is 226 Å². The Hall–Kier alpha value is -5.20. The van der Waals surface area contributed by atoms with Gasteiger partial charge in [-0.15, -0.1) is 0 Å². The number of carboxylic acid groups (broad SMARTS) is 1. The third-order valence-corrected chi connectivity index (χ3v) is 15.8. The highest BCUT2D eigenvalue weighted by atomic mass is 32.2. The van der Waals surface area contributed by atoms with Crippen LogP contribution in [0.3, 0.4) is 0 Å². The van der Waals surface area contributed by atoms with Crippen LogP contribution in [0.25, 0.3) is 0 Å². The first-order chi connectivity index (χ1) is 36.0. The summed E-state index contributed by atoms with van der Waals surface area (Å²) in [6.45, 7) is 21.8. The lowest BCUT2D eigenvalue weighted by atomic mass is 9.80. The highest BCUT2D eigenvalue weighted by molar-refractivity contribution is 7.98. The van der Waals surface area contributed by atoms with Gasteiger partial charge in [0.05, 0.1) is 63.2 Å². The Morgan fingerprint density at radius 1 is 0.763 bits per heavy atom. The predicted molar refractivity (Wildman–Crippen MR) is 286 cm³/mol. The number of benzene rings is 2. The largest absolute Gasteiger partial charge is 0.465 e. The number of hydrogen-bond donors (Lipinski definition) is 2. The van der Waals surface area contributed by atoms with E-state index in [1.807, 2.05) is 77.3 Å². The number of carbonyl (C=O) groups is 2. The number of thioether (sulfide) groups is 1. The van der Waals surface area contributed by atoms with E-state index in [-0.39, 0.29) is 30.6 Å². The summed E-state index contributed by atoms with van der Waals surface area (Å²) in [5, 5.41) is 13.4. The van der Waals surface area contributed by atoms with Crippen LogP contribution in [0, 0.1) is 0 Å². The molecule has 4 aromatic rings. The zero-order chi connectivity index (χ0) is 54.4. The third kappa shape index (κ3) is 11.8. The second kappa shape index (κ2) is 21.9. The number of nitrogens with one attached hydrogen (secondary N) is 1. The van der Waals surface area contributed by atoms with Crippen molar-refractivity contribution in [3.63, 3.8) is 0 Å². The first-order valence-corrected chi connectivity index (χ1v) is 29.1. The van der Waals surface area contributed by atoms with Gasteiger partial charge in [0.2, 0.25) is 15.0 Å². The molecule has 0 unspecified atom stereocenters. The van der Waals surface area contributed by atoms with Crippen LogP contribution in [0.1, 0.15) is 125 Å². The molecule has 10 rings (SSSR count). The molecular weight excluding hydrogens is 1020 g/mol. The van der Waals surface area contributed by atoms with E-state index in [0.717, 1.165) is 88.8 Å². The third-order valence-electron chi connectivity index (χ3n) is 14.4. The van der Waals surface area contributed by atoms with Crippen LogP contribution in [0.5, 0.6) is 0 Å². The molecule has 2 N–H and O–H groups in total. The van der Waals surface area contributed by atoms with Gasteiger partial charge in [0.25, 0.3) is 0 Å². The van der Waals surface area contributed by atoms with Crippen LogP contribution in [0.15, 0.2) is 46.7 Å². The number of fused-ring (bicyclic) bond motifs is 6. The zero-order valence-corrected chi connectivity index (χ0v) is 47.0. The van der Waals surface area contributed by atoms with Gasteiger partial charge in [0.1, 0.15) is 28.4 Å². The van der Waals surface area contributed by atoms with Crippen LogP contribution in [-0.4, -0.2) is 135 Å². The molecule has 2 aromatic carbocycles. The van der Waals surface area contributed by atoms with Crippen molar-refractivity contribution in [3.8, 4) is 0 Å². The molecule has 76 heavy (non-hydrogen) atoms. The van der Waals surface area contributed by atoms with Crippen molar-refractivity contribution < 1.29 is 56.3 Å². The Bertz CT molecular complexity index is 2940. The van der Waals surface area contributed by atoms with Crippen LogP contribution in [0.4, 0.5) is 32.6 Å². The molecule has 0 aliphatic carbocycles. The summed E-state index contributed by atoms with van der Waals surface area (Å²) in [5.41, 5.74) is 5.45. The summed E-state index contributed by atoms with van der Waals surface area (Å²) in [4.78, 5) is 49.3. The van der Waals surface area contributed by atoms with Gasteiger partial charge < -0.3 is 48.1 Å². The molecule has 412 valence electrons. The van der Waals surface area contributed by atoms with Crippen molar-refractivity contribution in [2.75, 3.05) is 98.3 Å². The molecule has 0 radical (unpaired) electrons. The van der Waals surface area contributed by atoms with Crippen LogP contribution in [-0.2, 0) is 80.3 Å². The highest BCUT2D eigenvalue weighted by Gasteiger charge is 2.48. The lowest BCUT2D eigenvalue weighted by Gasteiger charge is -2.45. The smallest absolute Gasteiger partial charge is 0.412 e. The summed E-state index contributed by atoms with van der Waals surface area (Å²) in [6.07, 6.45) is 3.85. The maximum absolute atomic E-state index is 12.6. The fourth-order valence-electron chi connectivity index (χ4n) is 10.7. The van der Waals surface area contributed by atoms with Crippen molar-refractivity contribution >= 4 is 56.8 Å². The summed E-state index contributed by atoms with van der Waals surface area (Å²) in [6, 6.07) is 11.4. The van der Waals surface area contributed by atoms with E-state index < -0.39 is 44.4 Å². The standard InChI is InChI=1S/C27H36N4O7S.C27H36N4O5S/c1-17-19-8-7-18(28-25(32)38-26(2,3)4)13-21(19)27(16-36-17)14-22-20(15-37-27)23(30-24(29-22)39(5,33)34)31-9-6-11-35-12-10-31;1-17-19-8-7-18(31(25(32)33)26(2,3)4)13-21(19)27(16-35-17)14-22-20(15-36-27)23(29-24(28-22)37-5)30-9-6-11-34-12-10-30/h7-8,13,17H,6,9-12,14-16H2,1-5H3,(H,28,32);7-8,13,17H,6,9-12,14-16H2,1-5H3,(H,32,33)/t2*17-,27+/m00/s1. The molecule has 22 heteroatoms. The predicted octanol–water partition coefficient (Wildman–Crippen LogP) is 8.28. The number of ether oxygens (including phenoxy) is 7. The normalized spacial score (nSPS) is 23.7. The van der Waals surface area contributed by atoms with Gasteiger partial charge in [0.15, 0.2) is 5.16 Å². The molecular formula is C54H72N8O12S2. The fraction of sp³-hybridized carbons (Fsp3) is 0.593. The number of amides is 2. The summed E-state index contributed by atoms with van der Waals surface area (Å²) < 4.78 is 67.5. The van der Waals surface area contributed by atoms with Crippen molar-refractivity contribution in [2.24, 2.45) is 0 Å². The van der Waals surface area contributed by atoms with Gasteiger partial charge in [-0.05, 0) is 121 Å². The lowest BCUT2D eigenvalue weighted by Crippen LogP contribution is -2.47. The minimum absolute atomic E-state index is 0.118. The van der Waals surface area contributed by atoms with Crippen LogP contribution in [0.2, 0.25) is 0 Å². The Labute approximate surface area is 449 Å². The van der Waals surface area contributed by atoms with E-state index in [1.165, 1.54) is 16.7 Å². The molecule has 2 fully saturated rings. The zero-order valence-electron chi connectivity index (χ0n) is 45.3. The van der Waals surface area contributed by atoms with Gasteiger partial charge in [-0.3, -0.25) is 10.2 Å². The number of anilines is 4. The summed E-state index contributed by atoms with van der Waals surface area (Å²) in [7, 11) is -3.67. The Balaban J connectivity index is 0.000000186. The molecule has 8 heterocycles. The van der Waals surface area contributed by atoms with Crippen molar-refractivity contribution in [1.29, 1.82) is 0 Å². The van der Waals surface area contributed by atoms with Gasteiger partial charge in [-0.1, -0.05) is 23.9 Å². The number of aromatic nitrogens is 4. The monoisotopic (exact) mass is 1090 g/mol. The van der Waals surface area contributed by atoms with E-state index in [2.05, 4.69) is 25.1 Å². The minimum Gasteiger partial charge on any atom is -0.465 e. The molecule has 4 atom stereocenters. The number of sulfone groups is 1. The number of hydrogen-bond acceptors (Lipinski definition) is 18. The molecule has 20 nitrogen and oxygen atoms in total. The molecule has 2 aromatic heterocycles. The van der Waals surface area contributed by atoms with Crippen LogP contribution >= 0.6 is 11.8 Å². The van der Waals surface area contributed by atoms with E-state index in [9.17, 15) is 23.1 Å². The average molecular weight is 1090 g/mol. The summed E-state index contributed by atoms with van der Waals surface area (Å²) in [5.74, 6) is 1.50. The van der Waals surface area contributed by atoms with Crippen molar-refractivity contribution in [2.45, 2.75) is 139 Å². The van der Waals surface area contributed by atoms with Gasteiger partial charge in [-0.25, -0.2) is 37.9 Å². The quantitative estimate of drug-likeness (QED) is 0.137. The second-order valence-electron chi connectivity index (χ2n) is 22.2. The van der Waals surface area contributed by atoms with E-state index >= 15 is 0 Å². The number of carbonyl (C=O) groups excluding carboxylic acids is 1. The fourth-order valence-corrected chi connectivity index (χ4v) is 11.7. The van der Waals surface area contributed by atoms with Crippen molar-refractivity contribution in [1.82, 2.24) is 19.9 Å². The Kier molecular flexibility index (Phi) is 16.0. The van der Waals surface area contributed by atoms with E-state index in [1.54, 1.807) is 20.8 Å². The lowest BCUT2D eigenvalue weighted by molar-refractivity contribution is -0.148. The molecule has 2 saturated heterocycles.